The van der Waals surface area contributed by atoms with Gasteiger partial charge in [-0.3, -0.25) is 19.4 Å². The average Bonchev–Trinajstić information content (AvgIpc) is 3.57. The molecular weight excluding hydrogens is 492 g/mol. The summed E-state index contributed by atoms with van der Waals surface area (Å²) in [6.07, 6.45) is 2.11. The van der Waals surface area contributed by atoms with Crippen molar-refractivity contribution in [1.82, 2.24) is 0 Å². The highest BCUT2D eigenvalue weighted by Gasteiger charge is 2.67. The Labute approximate surface area is 239 Å². The molecule has 2 amide bonds. The Morgan fingerprint density at radius 3 is 1.35 bits per heavy atom. The van der Waals surface area contributed by atoms with E-state index < -0.39 is 11.1 Å². The molecule has 4 nitrogen and oxygen atoms in total. The van der Waals surface area contributed by atoms with Gasteiger partial charge in [0, 0.05) is 5.57 Å². The van der Waals surface area contributed by atoms with Crippen LogP contribution in [0.4, 0.5) is 11.4 Å². The lowest BCUT2D eigenvalue weighted by Gasteiger charge is -2.52. The van der Waals surface area contributed by atoms with E-state index in [9.17, 15) is 9.59 Å². The molecule has 1 heterocycles. The molecule has 5 rings (SSSR count). The lowest BCUT2D eigenvalue weighted by atomic mass is 9.82. The van der Waals surface area contributed by atoms with Crippen LogP contribution in [-0.2, 0) is 15.0 Å². The highest BCUT2D eigenvalue weighted by atomic mass is 16.2. The van der Waals surface area contributed by atoms with Crippen molar-refractivity contribution in [1.29, 1.82) is 0 Å². The maximum atomic E-state index is 14.5. The minimum atomic E-state index is -1.24. The highest BCUT2D eigenvalue weighted by molar-refractivity contribution is 6.27. The van der Waals surface area contributed by atoms with Crippen molar-refractivity contribution in [3.8, 4) is 0 Å². The number of carbonyl (C=O) groups is 2. The van der Waals surface area contributed by atoms with E-state index in [0.29, 0.717) is 0 Å². The Balaban J connectivity index is 1.80. The number of aryl methyl sites for hydroxylation is 6. The monoisotopic (exact) mass is 534 g/mol. The van der Waals surface area contributed by atoms with Gasteiger partial charge in [0.25, 0.3) is 0 Å². The summed E-state index contributed by atoms with van der Waals surface area (Å²) in [5.74, 6) is -0.354. The standard InChI is InChI=1S/C36H42N2O2/c1-21-16-23(3)30(24(4)17-21)37-32(39)35(10,11)33(40)38(31-25(5)18-22(2)19-26(31)6)36(37)20-29(36)27-12-14-28(15-13-27)34(7,8)9/h12-20H,1-11H3. The van der Waals surface area contributed by atoms with E-state index in [2.05, 4.69) is 117 Å². The molecule has 208 valence electrons. The van der Waals surface area contributed by atoms with E-state index in [1.807, 2.05) is 9.80 Å². The van der Waals surface area contributed by atoms with Crippen LogP contribution in [0.3, 0.4) is 0 Å². The van der Waals surface area contributed by atoms with E-state index in [-0.39, 0.29) is 17.2 Å². The Hall–Kier alpha value is -3.66. The number of rotatable bonds is 3. The fourth-order valence-electron chi connectivity index (χ4n) is 6.64. The van der Waals surface area contributed by atoms with Crippen LogP contribution in [0, 0.1) is 47.0 Å². The van der Waals surface area contributed by atoms with Crippen LogP contribution in [0.2, 0.25) is 0 Å². The third-order valence-electron chi connectivity index (χ3n) is 8.60. The van der Waals surface area contributed by atoms with Crippen LogP contribution in [0.5, 0.6) is 0 Å². The molecule has 1 spiro atoms. The first-order chi connectivity index (χ1) is 18.5. The number of benzene rings is 3. The Morgan fingerprint density at radius 2 is 1.00 bits per heavy atom. The lowest BCUT2D eigenvalue weighted by molar-refractivity contribution is -0.141. The SMILES string of the molecule is Cc1cc(C)c(N2C(=O)C(C)(C)C(=O)N(c3c(C)cc(C)cc3C)C23C=C3c2ccc(C(C)(C)C)cc2)c(C)c1. The van der Waals surface area contributed by atoms with Gasteiger partial charge in [0.1, 0.15) is 5.41 Å². The number of hydrogen-bond acceptors (Lipinski definition) is 2. The van der Waals surface area contributed by atoms with Gasteiger partial charge in [0.2, 0.25) is 11.8 Å². The zero-order valence-corrected chi connectivity index (χ0v) is 25.9. The molecule has 3 aromatic carbocycles. The van der Waals surface area contributed by atoms with Crippen LogP contribution < -0.4 is 9.80 Å². The van der Waals surface area contributed by atoms with Crippen molar-refractivity contribution in [2.75, 3.05) is 9.80 Å². The Bertz CT molecular complexity index is 1470. The summed E-state index contributed by atoms with van der Waals surface area (Å²) < 4.78 is 0. The fourth-order valence-corrected chi connectivity index (χ4v) is 6.64. The van der Waals surface area contributed by atoms with Gasteiger partial charge >= 0.3 is 0 Å². The molecule has 0 saturated carbocycles. The molecular formula is C36H42N2O2. The van der Waals surface area contributed by atoms with Gasteiger partial charge < -0.3 is 0 Å². The predicted molar refractivity (Wildman–Crippen MR) is 166 cm³/mol. The summed E-state index contributed by atoms with van der Waals surface area (Å²) in [5, 5.41) is 0. The number of hydrogen-bond donors (Lipinski definition) is 0. The number of carbonyl (C=O) groups excluding carboxylic acids is 2. The first-order valence-corrected chi connectivity index (χ1v) is 14.2. The van der Waals surface area contributed by atoms with Crippen LogP contribution in [0.1, 0.15) is 79.1 Å². The van der Waals surface area contributed by atoms with E-state index in [1.165, 1.54) is 5.56 Å². The van der Waals surface area contributed by atoms with Gasteiger partial charge in [-0.15, -0.1) is 0 Å². The van der Waals surface area contributed by atoms with Crippen LogP contribution in [0.15, 0.2) is 54.6 Å². The average molecular weight is 535 g/mol. The van der Waals surface area contributed by atoms with Crippen LogP contribution in [0.25, 0.3) is 5.57 Å². The summed E-state index contributed by atoms with van der Waals surface area (Å²) in [6.45, 7) is 22.5. The molecule has 0 atom stereocenters. The smallest absolute Gasteiger partial charge is 0.244 e. The van der Waals surface area contributed by atoms with Crippen molar-refractivity contribution in [2.45, 2.75) is 87.2 Å². The maximum absolute atomic E-state index is 14.5. The van der Waals surface area contributed by atoms with Gasteiger partial charge in [-0.2, -0.15) is 0 Å². The predicted octanol–water partition coefficient (Wildman–Crippen LogP) is 8.03. The van der Waals surface area contributed by atoms with Gasteiger partial charge in [-0.25, -0.2) is 0 Å². The maximum Gasteiger partial charge on any atom is 0.244 e. The van der Waals surface area contributed by atoms with Gasteiger partial charge in [0.05, 0.1) is 11.4 Å². The van der Waals surface area contributed by atoms with Crippen molar-refractivity contribution in [3.05, 3.63) is 99.1 Å². The lowest BCUT2D eigenvalue weighted by Crippen LogP contribution is -2.70. The highest BCUT2D eigenvalue weighted by Crippen LogP contribution is 2.59. The van der Waals surface area contributed by atoms with E-state index in [1.54, 1.807) is 13.8 Å². The molecule has 1 aliphatic carbocycles. The first-order valence-electron chi connectivity index (χ1n) is 14.2. The van der Waals surface area contributed by atoms with Gasteiger partial charge in [-0.05, 0) is 100 Å². The third-order valence-corrected chi connectivity index (χ3v) is 8.60. The van der Waals surface area contributed by atoms with Gasteiger partial charge in [0.15, 0.2) is 5.66 Å². The summed E-state index contributed by atoms with van der Waals surface area (Å²) in [4.78, 5) is 32.9. The topological polar surface area (TPSA) is 40.6 Å². The number of nitrogens with zero attached hydrogens (tertiary/aromatic N) is 2. The van der Waals surface area contributed by atoms with Crippen LogP contribution in [-0.4, -0.2) is 17.5 Å². The molecule has 0 bridgehead atoms. The molecule has 1 aliphatic heterocycles. The zero-order chi connectivity index (χ0) is 29.5. The van der Waals surface area contributed by atoms with Crippen molar-refractivity contribution >= 4 is 28.8 Å². The minimum Gasteiger partial charge on any atom is -0.279 e. The summed E-state index contributed by atoms with van der Waals surface area (Å²) in [6, 6.07) is 17.1. The molecule has 40 heavy (non-hydrogen) atoms. The fraction of sp³-hybridized carbons (Fsp3) is 0.389. The molecule has 0 aromatic heterocycles. The van der Waals surface area contributed by atoms with E-state index in [4.69, 9.17) is 0 Å². The Kier molecular flexibility index (Phi) is 6.22. The van der Waals surface area contributed by atoms with Crippen molar-refractivity contribution in [3.63, 3.8) is 0 Å². The van der Waals surface area contributed by atoms with Gasteiger partial charge in [-0.1, -0.05) is 80.4 Å². The Morgan fingerprint density at radius 1 is 0.625 bits per heavy atom. The summed E-state index contributed by atoms with van der Waals surface area (Å²) in [7, 11) is 0. The molecule has 0 unspecified atom stereocenters. The van der Waals surface area contributed by atoms with E-state index in [0.717, 1.165) is 55.9 Å². The second-order valence-electron chi connectivity index (χ2n) is 13.5. The molecule has 0 radical (unpaired) electrons. The number of anilines is 2. The second-order valence-corrected chi connectivity index (χ2v) is 13.5. The normalized spacial score (nSPS) is 17.9. The second kappa shape index (κ2) is 8.92. The van der Waals surface area contributed by atoms with Crippen molar-refractivity contribution < 1.29 is 9.59 Å². The zero-order valence-electron chi connectivity index (χ0n) is 25.9. The molecule has 4 heteroatoms. The first kappa shape index (κ1) is 27.9. The molecule has 3 aromatic rings. The minimum absolute atomic E-state index is 0.0270. The van der Waals surface area contributed by atoms with E-state index >= 15 is 0 Å². The molecule has 1 fully saturated rings. The summed E-state index contributed by atoms with van der Waals surface area (Å²) in [5.41, 5.74) is 9.15. The molecule has 0 N–H and O–H groups in total. The number of amides is 2. The van der Waals surface area contributed by atoms with Crippen LogP contribution >= 0.6 is 0 Å². The third kappa shape index (κ3) is 4.03. The largest absolute Gasteiger partial charge is 0.279 e. The molecule has 1 saturated heterocycles. The molecule has 2 aliphatic rings. The van der Waals surface area contributed by atoms with Crippen molar-refractivity contribution in [2.24, 2.45) is 5.41 Å². The quantitative estimate of drug-likeness (QED) is 0.319. The summed E-state index contributed by atoms with van der Waals surface area (Å²) >= 11 is 0.